The summed E-state index contributed by atoms with van der Waals surface area (Å²) in [6.07, 6.45) is 7.28. The predicted octanol–water partition coefficient (Wildman–Crippen LogP) is 8.44. The number of likely N-dealkylation sites (tertiary alicyclic amines) is 1. The Hall–Kier alpha value is -1.88. The van der Waals surface area contributed by atoms with Crippen LogP contribution in [0.4, 0.5) is 4.79 Å². The van der Waals surface area contributed by atoms with E-state index in [0.29, 0.717) is 5.92 Å². The number of hydrogen-bond acceptors (Lipinski definition) is 4. The lowest BCUT2D eigenvalue weighted by Gasteiger charge is -2.42. The zero-order valence-corrected chi connectivity index (χ0v) is 23.7. The molecule has 1 fully saturated rings. The van der Waals surface area contributed by atoms with Crippen molar-refractivity contribution in [3.63, 3.8) is 0 Å². The van der Waals surface area contributed by atoms with Gasteiger partial charge in [0.25, 0.3) is 0 Å². The highest BCUT2D eigenvalue weighted by Crippen LogP contribution is 2.47. The van der Waals surface area contributed by atoms with Crippen molar-refractivity contribution >= 4 is 17.4 Å². The highest BCUT2D eigenvalue weighted by atomic mass is 32.1. The van der Waals surface area contributed by atoms with E-state index < -0.39 is 5.60 Å². The summed E-state index contributed by atoms with van der Waals surface area (Å²) in [6, 6.07) is 7.00. The molecule has 1 amide bonds. The number of thiazole rings is 1. The van der Waals surface area contributed by atoms with Crippen LogP contribution in [0.5, 0.6) is 0 Å². The molecule has 1 aliphatic carbocycles. The Kier molecular flexibility index (Phi) is 7.39. The zero-order valence-electron chi connectivity index (χ0n) is 22.9. The molecular formula is C30H44N2O2S. The molecule has 0 spiro atoms. The van der Waals surface area contributed by atoms with Crippen LogP contribution in [0.25, 0.3) is 11.3 Å². The number of carbonyl (C=O) groups is 1. The van der Waals surface area contributed by atoms with Crippen molar-refractivity contribution in [3.8, 4) is 11.3 Å². The molecule has 2 aromatic rings. The molecule has 192 valence electrons. The first-order valence-corrected chi connectivity index (χ1v) is 14.4. The van der Waals surface area contributed by atoms with Gasteiger partial charge in [-0.3, -0.25) is 0 Å². The molecule has 0 radical (unpaired) electrons. The van der Waals surface area contributed by atoms with E-state index in [1.54, 1.807) is 11.3 Å². The lowest BCUT2D eigenvalue weighted by Crippen LogP contribution is -2.42. The Balaban J connectivity index is 1.41. The van der Waals surface area contributed by atoms with Crippen LogP contribution in [0.2, 0.25) is 0 Å². The normalized spacial score (nSPS) is 19.9. The van der Waals surface area contributed by atoms with Crippen molar-refractivity contribution in [1.29, 1.82) is 0 Å². The molecule has 5 heteroatoms. The van der Waals surface area contributed by atoms with Gasteiger partial charge in [-0.1, -0.05) is 53.2 Å². The van der Waals surface area contributed by atoms with Crippen LogP contribution in [0, 0.1) is 0 Å². The van der Waals surface area contributed by atoms with Crippen LogP contribution in [-0.2, 0) is 15.6 Å². The predicted molar refractivity (Wildman–Crippen MR) is 146 cm³/mol. The molecule has 1 aliphatic heterocycles. The smallest absolute Gasteiger partial charge is 0.410 e. The van der Waals surface area contributed by atoms with Crippen LogP contribution >= 0.6 is 11.3 Å². The van der Waals surface area contributed by atoms with Gasteiger partial charge in [0.05, 0.1) is 10.7 Å². The second-order valence-corrected chi connectivity index (χ2v) is 13.5. The summed E-state index contributed by atoms with van der Waals surface area (Å²) >= 11 is 1.77. The maximum Gasteiger partial charge on any atom is 0.410 e. The number of benzene rings is 1. The lowest BCUT2D eigenvalue weighted by atomic mass is 9.63. The number of aromatic nitrogens is 1. The third-order valence-electron chi connectivity index (χ3n) is 8.27. The molecule has 4 rings (SSSR count). The molecule has 1 aromatic heterocycles. The second kappa shape index (κ2) is 9.88. The number of hydrogen-bond donors (Lipinski definition) is 0. The first kappa shape index (κ1) is 26.2. The highest BCUT2D eigenvalue weighted by molar-refractivity contribution is 7.10. The van der Waals surface area contributed by atoms with Gasteiger partial charge in [-0.05, 0) is 80.4 Å². The molecule has 0 atom stereocenters. The number of amides is 1. The molecular weight excluding hydrogens is 452 g/mol. The SMILES string of the molecule is CCCCC(C)(C)OC(=O)N1CCC(c2nc(-c3ccc4c(c3)C(C)(C)CCC4(C)C)cs2)CC1. The number of fused-ring (bicyclic) bond motifs is 1. The van der Waals surface area contributed by atoms with Crippen molar-refractivity contribution in [3.05, 3.63) is 39.7 Å². The van der Waals surface area contributed by atoms with Crippen molar-refractivity contribution in [2.24, 2.45) is 0 Å². The summed E-state index contributed by atoms with van der Waals surface area (Å²) in [5, 5.41) is 3.42. The average molecular weight is 497 g/mol. The first-order valence-electron chi connectivity index (χ1n) is 13.5. The van der Waals surface area contributed by atoms with Crippen LogP contribution < -0.4 is 0 Å². The Bertz CT molecular complexity index is 1040. The largest absolute Gasteiger partial charge is 0.443 e. The van der Waals surface area contributed by atoms with E-state index in [1.807, 2.05) is 18.7 Å². The van der Waals surface area contributed by atoms with Crippen LogP contribution in [0.15, 0.2) is 23.6 Å². The first-order chi connectivity index (χ1) is 16.4. The Labute approximate surface area is 216 Å². The minimum Gasteiger partial charge on any atom is -0.443 e. The van der Waals surface area contributed by atoms with Crippen LogP contribution in [-0.4, -0.2) is 34.7 Å². The van der Waals surface area contributed by atoms with Gasteiger partial charge in [-0.15, -0.1) is 11.3 Å². The standard InChI is InChI=1S/C30H44N2O2S/c1-8-9-14-30(6,7)34-27(33)32-17-12-21(13-18-32)26-31-25(20-35-26)22-10-11-23-24(19-22)29(4,5)16-15-28(23,2)3/h10-11,19-21H,8-9,12-18H2,1-7H3. The topological polar surface area (TPSA) is 42.4 Å². The van der Waals surface area contributed by atoms with Gasteiger partial charge in [0.15, 0.2) is 0 Å². The summed E-state index contributed by atoms with van der Waals surface area (Å²) < 4.78 is 5.83. The van der Waals surface area contributed by atoms with Gasteiger partial charge >= 0.3 is 6.09 Å². The molecule has 1 saturated heterocycles. The third-order valence-corrected chi connectivity index (χ3v) is 9.28. The minimum atomic E-state index is -0.396. The monoisotopic (exact) mass is 496 g/mol. The number of piperidine rings is 1. The third kappa shape index (κ3) is 5.76. The van der Waals surface area contributed by atoms with Crippen LogP contribution in [0.3, 0.4) is 0 Å². The van der Waals surface area contributed by atoms with Crippen molar-refractivity contribution in [2.45, 2.75) is 116 Å². The summed E-state index contributed by atoms with van der Waals surface area (Å²) in [7, 11) is 0. The fourth-order valence-corrected chi connectivity index (χ4v) is 6.62. The Morgan fingerprint density at radius 2 is 1.77 bits per heavy atom. The average Bonchev–Trinajstić information content (AvgIpc) is 3.31. The fourth-order valence-electron chi connectivity index (χ4n) is 5.62. The van der Waals surface area contributed by atoms with Gasteiger partial charge in [0.2, 0.25) is 0 Å². The Morgan fingerprint density at radius 1 is 1.11 bits per heavy atom. The van der Waals surface area contributed by atoms with E-state index in [0.717, 1.165) is 50.9 Å². The summed E-state index contributed by atoms with van der Waals surface area (Å²) in [5.74, 6) is 0.416. The van der Waals surface area contributed by atoms with Crippen LogP contribution in [0.1, 0.15) is 115 Å². The molecule has 0 bridgehead atoms. The maximum absolute atomic E-state index is 12.7. The van der Waals surface area contributed by atoms with Gasteiger partial charge in [0.1, 0.15) is 5.60 Å². The highest BCUT2D eigenvalue weighted by Gasteiger charge is 2.37. The lowest BCUT2D eigenvalue weighted by molar-refractivity contribution is 0.00359. The van der Waals surface area contributed by atoms with E-state index in [1.165, 1.54) is 34.5 Å². The van der Waals surface area contributed by atoms with E-state index in [4.69, 9.17) is 9.72 Å². The zero-order chi connectivity index (χ0) is 25.4. The fraction of sp³-hybridized carbons (Fsp3) is 0.667. The summed E-state index contributed by atoms with van der Waals surface area (Å²) in [6.45, 7) is 17.2. The van der Waals surface area contributed by atoms with Gasteiger partial charge < -0.3 is 9.64 Å². The number of unbranched alkanes of at least 4 members (excludes halogenated alkanes) is 1. The summed E-state index contributed by atoms with van der Waals surface area (Å²) in [4.78, 5) is 19.7. The second-order valence-electron chi connectivity index (χ2n) is 12.6. The molecule has 35 heavy (non-hydrogen) atoms. The minimum absolute atomic E-state index is 0.163. The van der Waals surface area contributed by atoms with E-state index >= 15 is 0 Å². The van der Waals surface area contributed by atoms with E-state index in [-0.39, 0.29) is 16.9 Å². The van der Waals surface area contributed by atoms with Gasteiger partial charge in [0, 0.05) is 30.0 Å². The number of carbonyl (C=O) groups excluding carboxylic acids is 1. The molecule has 0 saturated carbocycles. The molecule has 4 nitrogen and oxygen atoms in total. The van der Waals surface area contributed by atoms with Crippen molar-refractivity contribution < 1.29 is 9.53 Å². The maximum atomic E-state index is 12.7. The molecule has 0 N–H and O–H groups in total. The summed E-state index contributed by atoms with van der Waals surface area (Å²) in [5.41, 5.74) is 5.33. The quantitative estimate of drug-likeness (QED) is 0.403. The van der Waals surface area contributed by atoms with Gasteiger partial charge in [-0.2, -0.15) is 0 Å². The van der Waals surface area contributed by atoms with Crippen molar-refractivity contribution in [1.82, 2.24) is 9.88 Å². The van der Waals surface area contributed by atoms with E-state index in [9.17, 15) is 4.79 Å². The molecule has 2 aliphatic rings. The van der Waals surface area contributed by atoms with Gasteiger partial charge in [-0.25, -0.2) is 9.78 Å². The molecule has 1 aromatic carbocycles. The molecule has 0 unspecified atom stereocenters. The number of ether oxygens (including phenoxy) is 1. The molecule has 2 heterocycles. The Morgan fingerprint density at radius 3 is 2.43 bits per heavy atom. The van der Waals surface area contributed by atoms with Crippen molar-refractivity contribution in [2.75, 3.05) is 13.1 Å². The number of nitrogens with zero attached hydrogens (tertiary/aromatic N) is 2. The van der Waals surface area contributed by atoms with E-state index in [2.05, 4.69) is 58.2 Å². The number of rotatable bonds is 6.